The lowest BCUT2D eigenvalue weighted by molar-refractivity contribution is -0.384. The second-order valence-electron chi connectivity index (χ2n) is 5.97. The van der Waals surface area contributed by atoms with Crippen molar-refractivity contribution in [2.75, 3.05) is 0 Å². The number of thioether (sulfide) groups is 1. The Morgan fingerprint density at radius 1 is 1.24 bits per heavy atom. The van der Waals surface area contributed by atoms with Crippen LogP contribution >= 0.6 is 27.7 Å². The molecule has 1 aliphatic heterocycles. The van der Waals surface area contributed by atoms with E-state index in [0.29, 0.717) is 21.3 Å². The van der Waals surface area contributed by atoms with Crippen LogP contribution in [0.3, 0.4) is 0 Å². The summed E-state index contributed by atoms with van der Waals surface area (Å²) in [5, 5.41) is 10.3. The Hall–Kier alpha value is -2.98. The van der Waals surface area contributed by atoms with E-state index in [1.54, 1.807) is 24.3 Å². The zero-order valence-electron chi connectivity index (χ0n) is 15.0. The first-order chi connectivity index (χ1) is 13.7. The molecule has 8 nitrogen and oxygen atoms in total. The number of rotatable bonds is 5. The van der Waals surface area contributed by atoms with Gasteiger partial charge < -0.3 is 4.74 Å². The van der Waals surface area contributed by atoms with Crippen molar-refractivity contribution in [3.8, 4) is 5.75 Å². The van der Waals surface area contributed by atoms with Crippen molar-refractivity contribution in [1.82, 2.24) is 4.90 Å². The van der Waals surface area contributed by atoms with Crippen molar-refractivity contribution in [3.05, 3.63) is 73.1 Å². The molecule has 2 aromatic carbocycles. The predicted octanol–water partition coefficient (Wildman–Crippen LogP) is 4.52. The predicted molar refractivity (Wildman–Crippen MR) is 110 cm³/mol. The van der Waals surface area contributed by atoms with E-state index in [1.807, 2.05) is 0 Å². The highest BCUT2D eigenvalue weighted by atomic mass is 79.9. The maximum absolute atomic E-state index is 12.6. The van der Waals surface area contributed by atoms with Crippen LogP contribution < -0.4 is 4.74 Å². The van der Waals surface area contributed by atoms with Gasteiger partial charge in [-0.25, -0.2) is 0 Å². The van der Waals surface area contributed by atoms with Gasteiger partial charge in [0, 0.05) is 19.1 Å². The molecule has 29 heavy (non-hydrogen) atoms. The number of halogens is 1. The Morgan fingerprint density at radius 2 is 1.93 bits per heavy atom. The molecule has 0 aliphatic carbocycles. The molecule has 0 saturated carbocycles. The number of nitro groups is 1. The zero-order chi connectivity index (χ0) is 21.1. The topological polar surface area (TPSA) is 107 Å². The molecule has 0 bridgehead atoms. The van der Waals surface area contributed by atoms with Gasteiger partial charge in [0.15, 0.2) is 0 Å². The fourth-order valence-corrected chi connectivity index (χ4v) is 3.85. The molecule has 1 aliphatic rings. The quantitative estimate of drug-likeness (QED) is 0.205. The van der Waals surface area contributed by atoms with Crippen molar-refractivity contribution in [2.24, 2.45) is 0 Å². The summed E-state index contributed by atoms with van der Waals surface area (Å²) in [4.78, 5) is 47.5. The van der Waals surface area contributed by atoms with Gasteiger partial charge in [-0.3, -0.25) is 29.4 Å². The van der Waals surface area contributed by atoms with Crippen LogP contribution in [0.1, 0.15) is 18.1 Å². The minimum absolute atomic E-state index is 0.0229. The largest absolute Gasteiger partial charge is 0.426 e. The molecule has 0 unspecified atom stereocenters. The Morgan fingerprint density at radius 3 is 2.52 bits per heavy atom. The number of non-ortho nitro benzene ring substituents is 1. The van der Waals surface area contributed by atoms with Gasteiger partial charge in [0.2, 0.25) is 0 Å². The Kier molecular flexibility index (Phi) is 6.14. The summed E-state index contributed by atoms with van der Waals surface area (Å²) in [5.74, 6) is -0.551. The summed E-state index contributed by atoms with van der Waals surface area (Å²) in [6.45, 7) is 1.32. The maximum atomic E-state index is 12.6. The second-order valence-corrected chi connectivity index (χ2v) is 7.82. The molecule has 0 spiro atoms. The number of amides is 2. The van der Waals surface area contributed by atoms with E-state index < -0.39 is 22.0 Å². The maximum Gasteiger partial charge on any atom is 0.308 e. The van der Waals surface area contributed by atoms with Crippen molar-refractivity contribution >= 4 is 56.6 Å². The number of nitrogens with zero attached hydrogens (tertiary/aromatic N) is 2. The summed E-state index contributed by atoms with van der Waals surface area (Å²) in [6, 6.07) is 10.6. The lowest BCUT2D eigenvalue weighted by Gasteiger charge is -2.12. The third-order valence-corrected chi connectivity index (χ3v) is 5.40. The fraction of sp³-hybridized carbons (Fsp3) is 0.105. The lowest BCUT2D eigenvalue weighted by Crippen LogP contribution is -2.27. The molecule has 148 valence electrons. The van der Waals surface area contributed by atoms with E-state index in [-0.39, 0.29) is 17.1 Å². The third kappa shape index (κ3) is 4.90. The minimum Gasteiger partial charge on any atom is -0.426 e. The first-order valence-electron chi connectivity index (χ1n) is 8.21. The van der Waals surface area contributed by atoms with Gasteiger partial charge in [0.25, 0.3) is 16.8 Å². The molecule has 0 atom stereocenters. The smallest absolute Gasteiger partial charge is 0.308 e. The van der Waals surface area contributed by atoms with Crippen LogP contribution in [-0.4, -0.2) is 26.9 Å². The number of benzene rings is 2. The van der Waals surface area contributed by atoms with Crippen LogP contribution in [0.25, 0.3) is 6.08 Å². The Labute approximate surface area is 177 Å². The van der Waals surface area contributed by atoms with Gasteiger partial charge in [0.05, 0.1) is 20.8 Å². The summed E-state index contributed by atoms with van der Waals surface area (Å²) < 4.78 is 5.57. The monoisotopic (exact) mass is 476 g/mol. The number of carbonyl (C=O) groups is 3. The van der Waals surface area contributed by atoms with Crippen molar-refractivity contribution in [3.63, 3.8) is 0 Å². The van der Waals surface area contributed by atoms with Crippen molar-refractivity contribution in [1.29, 1.82) is 0 Å². The molecule has 2 aromatic rings. The number of esters is 1. The molecule has 3 rings (SSSR count). The summed E-state index contributed by atoms with van der Waals surface area (Å²) in [5.41, 5.74) is 1.19. The van der Waals surface area contributed by atoms with Gasteiger partial charge in [-0.1, -0.05) is 18.2 Å². The van der Waals surface area contributed by atoms with Gasteiger partial charge in [-0.2, -0.15) is 0 Å². The molecule has 1 heterocycles. The van der Waals surface area contributed by atoms with Crippen LogP contribution in [0.15, 0.2) is 51.8 Å². The summed E-state index contributed by atoms with van der Waals surface area (Å²) in [6.07, 6.45) is 1.57. The molecule has 2 amide bonds. The first kappa shape index (κ1) is 20.7. The molecular formula is C19H13BrN2O6S. The second kappa shape index (κ2) is 8.58. The molecule has 0 N–H and O–H groups in total. The molecule has 10 heteroatoms. The number of nitro benzene ring substituents is 1. The summed E-state index contributed by atoms with van der Waals surface area (Å²) >= 11 is 4.11. The van der Waals surface area contributed by atoms with Crippen molar-refractivity contribution in [2.45, 2.75) is 13.5 Å². The standard InChI is InChI=1S/C19H13BrN2O6S/c1-11(23)28-16-7-4-13(8-15(16)20)9-17-18(24)21(19(25)29-17)10-12-2-5-14(6-3-12)22(26)27/h2-9H,10H2,1H3/b17-9+. The average molecular weight is 477 g/mol. The first-order valence-corrected chi connectivity index (χ1v) is 9.82. The highest BCUT2D eigenvalue weighted by Crippen LogP contribution is 2.34. The van der Waals surface area contributed by atoms with Gasteiger partial charge in [-0.05, 0) is 57.0 Å². The van der Waals surface area contributed by atoms with Crippen molar-refractivity contribution < 1.29 is 24.0 Å². The average Bonchev–Trinajstić information content (AvgIpc) is 2.91. The van der Waals surface area contributed by atoms with E-state index in [2.05, 4.69) is 15.9 Å². The molecule has 0 radical (unpaired) electrons. The van der Waals surface area contributed by atoms with Gasteiger partial charge in [0.1, 0.15) is 5.75 Å². The molecule has 0 aromatic heterocycles. The van der Waals surface area contributed by atoms with E-state index in [9.17, 15) is 24.5 Å². The number of hydrogen-bond donors (Lipinski definition) is 0. The number of hydrogen-bond acceptors (Lipinski definition) is 7. The number of ether oxygens (including phenoxy) is 1. The Balaban J connectivity index is 1.76. The van der Waals surface area contributed by atoms with Gasteiger partial charge >= 0.3 is 5.97 Å². The van der Waals surface area contributed by atoms with E-state index in [0.717, 1.165) is 16.7 Å². The van der Waals surface area contributed by atoms with Crippen LogP contribution in [0.5, 0.6) is 5.75 Å². The third-order valence-electron chi connectivity index (χ3n) is 3.87. The minimum atomic E-state index is -0.516. The molecular weight excluding hydrogens is 464 g/mol. The molecule has 1 saturated heterocycles. The van der Waals surface area contributed by atoms with E-state index in [4.69, 9.17) is 4.74 Å². The Bertz CT molecular complexity index is 1050. The highest BCUT2D eigenvalue weighted by Gasteiger charge is 2.35. The van der Waals surface area contributed by atoms with E-state index in [1.165, 1.54) is 31.2 Å². The number of carbonyl (C=O) groups excluding carboxylic acids is 3. The zero-order valence-corrected chi connectivity index (χ0v) is 17.4. The van der Waals surface area contributed by atoms with Crippen LogP contribution in [-0.2, 0) is 16.1 Å². The fourth-order valence-electron chi connectivity index (χ4n) is 2.54. The van der Waals surface area contributed by atoms with Crippen LogP contribution in [0, 0.1) is 10.1 Å². The highest BCUT2D eigenvalue weighted by molar-refractivity contribution is 9.10. The van der Waals surface area contributed by atoms with E-state index >= 15 is 0 Å². The number of imide groups is 1. The van der Waals surface area contributed by atoms with Crippen LogP contribution in [0.2, 0.25) is 0 Å². The lowest BCUT2D eigenvalue weighted by atomic mass is 10.2. The normalized spacial score (nSPS) is 15.1. The molecule has 1 fully saturated rings. The summed E-state index contributed by atoms with van der Waals surface area (Å²) in [7, 11) is 0. The van der Waals surface area contributed by atoms with Crippen LogP contribution in [0.4, 0.5) is 10.5 Å². The van der Waals surface area contributed by atoms with Gasteiger partial charge in [-0.15, -0.1) is 0 Å². The SMILES string of the molecule is CC(=O)Oc1ccc(/C=C2/SC(=O)N(Cc3ccc([N+](=O)[O-])cc3)C2=O)cc1Br.